The van der Waals surface area contributed by atoms with Gasteiger partial charge in [0.2, 0.25) is 5.91 Å². The smallest absolute Gasteiger partial charge is 0.269 e. The number of carbonyl (C=O) groups excluding carboxylic acids is 2. The number of carbonyl (C=O) groups is 2. The SMILES string of the molecule is CC(C(=O)Nc1nc[nH]c1C(N)=O)n1nc(C2CC2)ccc1=O. The molecule has 9 heteroatoms. The molecule has 1 unspecified atom stereocenters. The van der Waals surface area contributed by atoms with E-state index in [1.807, 2.05) is 0 Å². The quantitative estimate of drug-likeness (QED) is 0.721. The third-order valence-electron chi connectivity index (χ3n) is 3.71. The molecule has 0 spiro atoms. The lowest BCUT2D eigenvalue weighted by molar-refractivity contribution is -0.119. The van der Waals surface area contributed by atoms with Gasteiger partial charge in [-0.1, -0.05) is 0 Å². The number of nitrogens with zero attached hydrogens (tertiary/aromatic N) is 3. The van der Waals surface area contributed by atoms with Gasteiger partial charge in [-0.05, 0) is 25.8 Å². The van der Waals surface area contributed by atoms with Crippen LogP contribution >= 0.6 is 0 Å². The fourth-order valence-electron chi connectivity index (χ4n) is 2.22. The maximum Gasteiger partial charge on any atom is 0.269 e. The molecule has 23 heavy (non-hydrogen) atoms. The van der Waals surface area contributed by atoms with Crippen LogP contribution in [-0.4, -0.2) is 31.6 Å². The number of hydrogen-bond acceptors (Lipinski definition) is 5. The molecule has 0 aromatic carbocycles. The molecular formula is C14H16N6O3. The lowest BCUT2D eigenvalue weighted by atomic mass is 10.2. The third kappa shape index (κ3) is 2.98. The maximum atomic E-state index is 12.3. The average molecular weight is 316 g/mol. The van der Waals surface area contributed by atoms with Crippen molar-refractivity contribution in [2.45, 2.75) is 31.7 Å². The average Bonchev–Trinajstić information content (AvgIpc) is 3.26. The van der Waals surface area contributed by atoms with E-state index in [1.165, 1.54) is 12.4 Å². The summed E-state index contributed by atoms with van der Waals surface area (Å²) < 4.78 is 1.14. The Balaban J connectivity index is 1.82. The molecular weight excluding hydrogens is 300 g/mol. The second kappa shape index (κ2) is 5.67. The Morgan fingerprint density at radius 2 is 2.17 bits per heavy atom. The molecule has 2 amide bonds. The highest BCUT2D eigenvalue weighted by Crippen LogP contribution is 2.38. The summed E-state index contributed by atoms with van der Waals surface area (Å²) in [6.07, 6.45) is 3.33. The summed E-state index contributed by atoms with van der Waals surface area (Å²) in [4.78, 5) is 41.9. The highest BCUT2D eigenvalue weighted by molar-refractivity contribution is 6.01. The highest BCUT2D eigenvalue weighted by Gasteiger charge is 2.27. The van der Waals surface area contributed by atoms with Crippen molar-refractivity contribution in [3.63, 3.8) is 0 Å². The molecule has 2 aromatic rings. The van der Waals surface area contributed by atoms with Crippen molar-refractivity contribution in [3.05, 3.63) is 40.2 Å². The van der Waals surface area contributed by atoms with Crippen LogP contribution in [0.5, 0.6) is 0 Å². The van der Waals surface area contributed by atoms with Crippen LogP contribution in [0.1, 0.15) is 47.9 Å². The molecule has 2 heterocycles. The third-order valence-corrected chi connectivity index (χ3v) is 3.71. The van der Waals surface area contributed by atoms with Crippen molar-refractivity contribution in [2.24, 2.45) is 5.73 Å². The fraction of sp³-hybridized carbons (Fsp3) is 0.357. The van der Waals surface area contributed by atoms with Crippen molar-refractivity contribution >= 4 is 17.6 Å². The minimum absolute atomic E-state index is 0.00223. The van der Waals surface area contributed by atoms with E-state index in [9.17, 15) is 14.4 Å². The van der Waals surface area contributed by atoms with Crippen LogP contribution in [0.3, 0.4) is 0 Å². The Morgan fingerprint density at radius 1 is 1.43 bits per heavy atom. The molecule has 3 rings (SSSR count). The minimum atomic E-state index is -0.848. The molecule has 1 atom stereocenters. The zero-order valence-corrected chi connectivity index (χ0v) is 12.4. The van der Waals surface area contributed by atoms with E-state index < -0.39 is 17.9 Å². The first kappa shape index (κ1) is 14.9. The van der Waals surface area contributed by atoms with Crippen LogP contribution in [-0.2, 0) is 4.79 Å². The summed E-state index contributed by atoms with van der Waals surface area (Å²) in [5, 5.41) is 6.75. The van der Waals surface area contributed by atoms with Gasteiger partial charge in [-0.25, -0.2) is 9.67 Å². The van der Waals surface area contributed by atoms with Crippen LogP contribution in [0.15, 0.2) is 23.3 Å². The maximum absolute atomic E-state index is 12.3. The van der Waals surface area contributed by atoms with Crippen molar-refractivity contribution in [3.8, 4) is 0 Å². The number of rotatable bonds is 5. The van der Waals surface area contributed by atoms with Gasteiger partial charge in [0.15, 0.2) is 5.82 Å². The van der Waals surface area contributed by atoms with Gasteiger partial charge in [0.1, 0.15) is 11.7 Å². The standard InChI is InChI=1S/C14H16N6O3/c1-7(14(23)18-13-11(12(15)22)16-6-17-13)20-10(21)5-4-9(19-20)8-2-3-8/h4-8H,2-3H2,1H3,(H2,15,22)(H,16,17)(H,18,23). The molecule has 9 nitrogen and oxygen atoms in total. The number of nitrogens with two attached hydrogens (primary N) is 1. The summed E-state index contributed by atoms with van der Waals surface area (Å²) in [5.41, 5.74) is 5.62. The topological polar surface area (TPSA) is 136 Å². The van der Waals surface area contributed by atoms with Crippen molar-refractivity contribution in [1.29, 1.82) is 0 Å². The normalized spacial score (nSPS) is 15.2. The Kier molecular flexibility index (Phi) is 3.68. The Bertz CT molecular complexity index is 820. The van der Waals surface area contributed by atoms with Gasteiger partial charge >= 0.3 is 0 Å². The number of primary amides is 1. The number of aromatic nitrogens is 4. The summed E-state index contributed by atoms with van der Waals surface area (Å²) in [6.45, 7) is 1.55. The molecule has 2 aromatic heterocycles. The zero-order chi connectivity index (χ0) is 16.6. The van der Waals surface area contributed by atoms with Crippen LogP contribution in [0, 0.1) is 0 Å². The summed E-state index contributed by atoms with van der Waals surface area (Å²) in [7, 11) is 0. The van der Waals surface area contributed by atoms with Crippen LogP contribution in [0.2, 0.25) is 0 Å². The first-order chi connectivity index (χ1) is 11.0. The largest absolute Gasteiger partial charge is 0.364 e. The number of H-pyrrole nitrogens is 1. The second-order valence-electron chi connectivity index (χ2n) is 5.47. The van der Waals surface area contributed by atoms with Gasteiger partial charge in [0, 0.05) is 12.0 Å². The molecule has 120 valence electrons. The monoisotopic (exact) mass is 316 g/mol. The first-order valence-corrected chi connectivity index (χ1v) is 7.21. The van der Waals surface area contributed by atoms with Crippen molar-refractivity contribution in [2.75, 3.05) is 5.32 Å². The van der Waals surface area contributed by atoms with Crippen LogP contribution in [0.25, 0.3) is 0 Å². The van der Waals surface area contributed by atoms with Crippen molar-refractivity contribution in [1.82, 2.24) is 19.7 Å². The Hall–Kier alpha value is -2.97. The number of hydrogen-bond donors (Lipinski definition) is 3. The molecule has 0 saturated heterocycles. The van der Waals surface area contributed by atoms with E-state index in [0.29, 0.717) is 5.92 Å². The lowest BCUT2D eigenvalue weighted by Gasteiger charge is -2.14. The fourth-order valence-corrected chi connectivity index (χ4v) is 2.22. The van der Waals surface area contributed by atoms with Gasteiger partial charge in [0.05, 0.1) is 12.0 Å². The summed E-state index contributed by atoms with van der Waals surface area (Å²) >= 11 is 0. The predicted molar refractivity (Wildman–Crippen MR) is 80.9 cm³/mol. The Labute approximate surface area is 130 Å². The van der Waals surface area contributed by atoms with Gasteiger partial charge in [-0.15, -0.1) is 0 Å². The van der Waals surface area contributed by atoms with Gasteiger partial charge in [-0.2, -0.15) is 5.10 Å². The molecule has 4 N–H and O–H groups in total. The molecule has 0 bridgehead atoms. The van der Waals surface area contributed by atoms with Gasteiger partial charge < -0.3 is 16.0 Å². The number of nitrogens with one attached hydrogen (secondary N) is 2. The molecule has 1 aliphatic carbocycles. The van der Waals surface area contributed by atoms with E-state index in [0.717, 1.165) is 23.2 Å². The molecule has 1 aliphatic rings. The van der Waals surface area contributed by atoms with E-state index in [1.54, 1.807) is 13.0 Å². The number of anilines is 1. The number of imidazole rings is 1. The first-order valence-electron chi connectivity index (χ1n) is 7.21. The minimum Gasteiger partial charge on any atom is -0.364 e. The van der Waals surface area contributed by atoms with E-state index in [-0.39, 0.29) is 17.1 Å². The van der Waals surface area contributed by atoms with Crippen LogP contribution in [0.4, 0.5) is 5.82 Å². The van der Waals surface area contributed by atoms with E-state index >= 15 is 0 Å². The van der Waals surface area contributed by atoms with E-state index in [4.69, 9.17) is 5.73 Å². The molecule has 0 radical (unpaired) electrons. The predicted octanol–water partition coefficient (Wildman–Crippen LogP) is 0.142. The van der Waals surface area contributed by atoms with Gasteiger partial charge in [-0.3, -0.25) is 14.4 Å². The Morgan fingerprint density at radius 3 is 2.83 bits per heavy atom. The highest BCUT2D eigenvalue weighted by atomic mass is 16.2. The van der Waals surface area contributed by atoms with Gasteiger partial charge in [0.25, 0.3) is 11.5 Å². The van der Waals surface area contributed by atoms with Crippen LogP contribution < -0.4 is 16.6 Å². The summed E-state index contributed by atoms with van der Waals surface area (Å²) in [6, 6.07) is 2.26. The van der Waals surface area contributed by atoms with Crippen molar-refractivity contribution < 1.29 is 9.59 Å². The zero-order valence-electron chi connectivity index (χ0n) is 12.4. The molecule has 1 fully saturated rings. The summed E-state index contributed by atoms with van der Waals surface area (Å²) in [5.74, 6) is -0.857. The number of amides is 2. The van der Waals surface area contributed by atoms with E-state index in [2.05, 4.69) is 20.4 Å². The molecule has 0 aliphatic heterocycles. The second-order valence-corrected chi connectivity index (χ2v) is 5.47. The molecule has 1 saturated carbocycles. The number of aromatic amines is 1. The lowest BCUT2D eigenvalue weighted by Crippen LogP contribution is -2.34.